The van der Waals surface area contributed by atoms with Gasteiger partial charge in [-0.2, -0.15) is 0 Å². The van der Waals surface area contributed by atoms with Crippen LogP contribution in [0.25, 0.3) is 88.4 Å². The quantitative estimate of drug-likeness (QED) is 0.148. The summed E-state index contributed by atoms with van der Waals surface area (Å²) in [5.41, 5.74) is 24.8. The molecule has 14 aromatic rings. The molecule has 2 aromatic heterocycles. The minimum atomic E-state index is -0.541. The van der Waals surface area contributed by atoms with E-state index in [9.17, 15) is 0 Å². The van der Waals surface area contributed by atoms with Crippen LogP contribution in [0.1, 0.15) is 47.2 Å². The van der Waals surface area contributed by atoms with E-state index >= 15 is 0 Å². The van der Waals surface area contributed by atoms with Gasteiger partial charge in [-0.05, 0) is 140 Å². The van der Waals surface area contributed by atoms with Crippen molar-refractivity contribution in [2.24, 2.45) is 0 Å². The number of benzene rings is 12. The second-order valence-corrected chi connectivity index (χ2v) is 22.0. The zero-order valence-corrected chi connectivity index (χ0v) is 44.0. The first-order chi connectivity index (χ1) is 39.0. The third-order valence-electron chi connectivity index (χ3n) is 17.6. The van der Waals surface area contributed by atoms with Gasteiger partial charge in [-0.25, -0.2) is 0 Å². The van der Waals surface area contributed by atoms with Crippen LogP contribution >= 0.6 is 0 Å². The first-order valence-electron chi connectivity index (χ1n) is 27.6. The van der Waals surface area contributed by atoms with E-state index in [4.69, 9.17) is 0 Å². The molecule has 2 heterocycles. The van der Waals surface area contributed by atoms with Crippen molar-refractivity contribution >= 4 is 60.7 Å². The maximum Gasteiger partial charge on any atom is 0.0714 e. The van der Waals surface area contributed by atoms with Crippen molar-refractivity contribution in [3.63, 3.8) is 0 Å². The number of nitrogens with zero attached hydrogens (tertiary/aromatic N) is 3. The summed E-state index contributed by atoms with van der Waals surface area (Å²) < 4.78 is 4.83. The molecule has 0 N–H and O–H groups in total. The second-order valence-electron chi connectivity index (χ2n) is 22.0. The predicted molar refractivity (Wildman–Crippen MR) is 330 cm³/mol. The summed E-state index contributed by atoms with van der Waals surface area (Å²) in [6.07, 6.45) is 0. The highest BCUT2D eigenvalue weighted by molar-refractivity contribution is 6.10. The molecule has 372 valence electrons. The van der Waals surface area contributed by atoms with Gasteiger partial charge in [0.15, 0.2) is 0 Å². The zero-order chi connectivity index (χ0) is 52.4. The molecule has 0 spiro atoms. The van der Waals surface area contributed by atoms with Gasteiger partial charge in [0.25, 0.3) is 0 Å². The van der Waals surface area contributed by atoms with E-state index in [1.807, 2.05) is 0 Å². The summed E-state index contributed by atoms with van der Waals surface area (Å²) in [5.74, 6) is 0. The Balaban J connectivity index is 0.858. The van der Waals surface area contributed by atoms with Crippen molar-refractivity contribution < 1.29 is 0 Å². The van der Waals surface area contributed by atoms with Crippen LogP contribution in [-0.2, 0) is 10.8 Å². The third kappa shape index (κ3) is 6.54. The molecule has 0 saturated carbocycles. The highest BCUT2D eigenvalue weighted by Crippen LogP contribution is 2.60. The molecule has 2 aliphatic rings. The molecule has 0 amide bonds. The Labute approximate surface area is 460 Å². The summed E-state index contributed by atoms with van der Waals surface area (Å²) in [6.45, 7) is 4.82. The minimum Gasteiger partial charge on any atom is -0.310 e. The van der Waals surface area contributed by atoms with E-state index in [1.54, 1.807) is 0 Å². The molecule has 79 heavy (non-hydrogen) atoms. The second kappa shape index (κ2) is 17.3. The Morgan fingerprint density at radius 3 is 1.30 bits per heavy atom. The fourth-order valence-corrected chi connectivity index (χ4v) is 14.1. The lowest BCUT2D eigenvalue weighted by Gasteiger charge is -2.34. The van der Waals surface area contributed by atoms with E-state index in [1.165, 1.54) is 110 Å². The van der Waals surface area contributed by atoms with Crippen LogP contribution < -0.4 is 4.90 Å². The molecule has 0 bridgehead atoms. The fourth-order valence-electron chi connectivity index (χ4n) is 14.1. The van der Waals surface area contributed by atoms with Crippen LogP contribution in [0.15, 0.2) is 285 Å². The maximum absolute atomic E-state index is 2.53. The van der Waals surface area contributed by atoms with Crippen LogP contribution in [0.2, 0.25) is 0 Å². The zero-order valence-electron chi connectivity index (χ0n) is 44.0. The lowest BCUT2D eigenvalue weighted by Crippen LogP contribution is -2.28. The Kier molecular flexibility index (Phi) is 9.90. The largest absolute Gasteiger partial charge is 0.310 e. The minimum absolute atomic E-state index is 0.294. The number of aromatic nitrogens is 2. The molecule has 0 unspecified atom stereocenters. The van der Waals surface area contributed by atoms with Gasteiger partial charge in [0, 0.05) is 55.3 Å². The first-order valence-corrected chi connectivity index (χ1v) is 27.6. The summed E-state index contributed by atoms with van der Waals surface area (Å²) in [7, 11) is 0. The van der Waals surface area contributed by atoms with E-state index in [0.29, 0.717) is 0 Å². The Morgan fingerprint density at radius 1 is 0.304 bits per heavy atom. The van der Waals surface area contributed by atoms with Gasteiger partial charge in [-0.15, -0.1) is 0 Å². The van der Waals surface area contributed by atoms with Crippen molar-refractivity contribution in [3.05, 3.63) is 318 Å². The molecule has 3 heteroatoms. The summed E-state index contributed by atoms with van der Waals surface area (Å²) in [4.78, 5) is 2.53. The average molecular weight is 1010 g/mol. The summed E-state index contributed by atoms with van der Waals surface area (Å²) in [5, 5.41) is 5.07. The number of hydrogen-bond acceptors (Lipinski definition) is 1. The lowest BCUT2D eigenvalue weighted by atomic mass is 9.68. The van der Waals surface area contributed by atoms with Gasteiger partial charge in [-0.1, -0.05) is 220 Å². The van der Waals surface area contributed by atoms with E-state index in [-0.39, 0.29) is 5.41 Å². The van der Waals surface area contributed by atoms with Crippen molar-refractivity contribution in [1.82, 2.24) is 9.13 Å². The van der Waals surface area contributed by atoms with Crippen LogP contribution in [0.5, 0.6) is 0 Å². The number of rotatable bonds is 8. The number of hydrogen-bond donors (Lipinski definition) is 0. The summed E-state index contributed by atoms with van der Waals surface area (Å²) >= 11 is 0. The van der Waals surface area contributed by atoms with E-state index < -0.39 is 5.41 Å². The van der Waals surface area contributed by atoms with Gasteiger partial charge in [-0.3, -0.25) is 0 Å². The first kappa shape index (κ1) is 45.3. The van der Waals surface area contributed by atoms with Crippen LogP contribution in [-0.4, -0.2) is 9.13 Å². The third-order valence-corrected chi connectivity index (χ3v) is 17.6. The highest BCUT2D eigenvalue weighted by atomic mass is 15.1. The molecule has 0 saturated heterocycles. The predicted octanol–water partition coefficient (Wildman–Crippen LogP) is 19.7. The molecule has 0 radical (unpaired) electrons. The van der Waals surface area contributed by atoms with Crippen molar-refractivity contribution in [2.45, 2.75) is 24.7 Å². The molecular weight excluding hydrogens is 955 g/mol. The van der Waals surface area contributed by atoms with Gasteiger partial charge in [0.1, 0.15) is 0 Å². The average Bonchev–Trinajstić information content (AvgIpc) is 3.80. The smallest absolute Gasteiger partial charge is 0.0714 e. The Morgan fingerprint density at radius 2 is 0.734 bits per heavy atom. The van der Waals surface area contributed by atoms with Crippen LogP contribution in [0.4, 0.5) is 17.1 Å². The summed E-state index contributed by atoms with van der Waals surface area (Å²) in [6, 6.07) is 106. The fraction of sp³-hybridized carbons (Fsp3) is 0.0526. The van der Waals surface area contributed by atoms with Crippen molar-refractivity contribution in [3.8, 4) is 44.8 Å². The topological polar surface area (TPSA) is 13.1 Å². The van der Waals surface area contributed by atoms with Gasteiger partial charge < -0.3 is 14.0 Å². The Bertz CT molecular complexity index is 4580. The van der Waals surface area contributed by atoms with E-state index in [0.717, 1.165) is 28.3 Å². The van der Waals surface area contributed by atoms with E-state index in [2.05, 4.69) is 313 Å². The van der Waals surface area contributed by atoms with Gasteiger partial charge in [0.05, 0.1) is 33.2 Å². The monoisotopic (exact) mass is 1010 g/mol. The van der Waals surface area contributed by atoms with Crippen molar-refractivity contribution in [2.75, 3.05) is 4.90 Å². The standard InChI is InChI=1S/C76H53N3/c1-75(2)67-48-56(44-46-58(67)59-47-45-57(49-68(59)75)79-71-33-17-12-26-62(71)63-27-13-18-34-72(63)79)77(54-40-36-50(37-41-54)51-38-42-55(43-39-51)78-69-31-15-10-24-60(69)61-25-11-16-32-70(61)78)73-35-19-30-66-74(73)64-28-9-14-29-65(64)76(66,52-20-5-3-6-21-52)53-22-7-4-8-23-53/h3-49H,1-2H3. The van der Waals surface area contributed by atoms with Gasteiger partial charge >= 0.3 is 0 Å². The normalized spacial score (nSPS) is 13.6. The molecule has 2 aliphatic carbocycles. The molecule has 0 aliphatic heterocycles. The van der Waals surface area contributed by atoms with Crippen LogP contribution in [0, 0.1) is 0 Å². The highest BCUT2D eigenvalue weighted by Gasteiger charge is 2.47. The van der Waals surface area contributed by atoms with Crippen LogP contribution in [0.3, 0.4) is 0 Å². The SMILES string of the molecule is CC1(C)c2cc(N(c3ccc(-c4ccc(-n5c6ccccc6c6ccccc65)cc4)cc3)c3cccc4c3-c3ccccc3C4(c3ccccc3)c3ccccc3)ccc2-c2ccc(-n3c4ccccc4c4ccccc43)cc21. The molecule has 0 fully saturated rings. The molecular formula is C76H53N3. The van der Waals surface area contributed by atoms with Gasteiger partial charge in [0.2, 0.25) is 0 Å². The Hall–Kier alpha value is -9.96. The molecule has 12 aromatic carbocycles. The number of anilines is 3. The number of para-hydroxylation sites is 4. The number of fused-ring (bicyclic) bond motifs is 12. The van der Waals surface area contributed by atoms with Crippen molar-refractivity contribution in [1.29, 1.82) is 0 Å². The maximum atomic E-state index is 2.53. The molecule has 3 nitrogen and oxygen atoms in total. The molecule has 0 atom stereocenters. The lowest BCUT2D eigenvalue weighted by molar-refractivity contribution is 0.660. The molecule has 16 rings (SSSR count).